The summed E-state index contributed by atoms with van der Waals surface area (Å²) in [6.07, 6.45) is 0.768. The molecule has 0 aliphatic heterocycles. The summed E-state index contributed by atoms with van der Waals surface area (Å²) < 4.78 is 5.31. The predicted octanol–water partition coefficient (Wildman–Crippen LogP) is 3.98. The van der Waals surface area contributed by atoms with Gasteiger partial charge in [0.2, 0.25) is 0 Å². The summed E-state index contributed by atoms with van der Waals surface area (Å²) >= 11 is 0. The lowest BCUT2D eigenvalue weighted by Crippen LogP contribution is -2.45. The molecule has 136 valence electrons. The molecule has 0 bridgehead atoms. The molecule has 3 rings (SSSR count). The van der Waals surface area contributed by atoms with E-state index in [9.17, 15) is 14.7 Å². The predicted molar refractivity (Wildman–Crippen MR) is 98.9 cm³/mol. The van der Waals surface area contributed by atoms with Crippen LogP contribution in [0.5, 0.6) is 0 Å². The number of carboxylic acid groups (broad SMARTS) is 1. The average molecular weight is 353 g/mol. The summed E-state index contributed by atoms with van der Waals surface area (Å²) in [6.45, 7) is 3.80. The average Bonchev–Trinajstić information content (AvgIpc) is 3.03. The monoisotopic (exact) mass is 353 g/mol. The number of hydrogen-bond donors (Lipinski definition) is 2. The first-order valence-corrected chi connectivity index (χ1v) is 8.86. The zero-order chi connectivity index (χ0) is 18.7. The molecule has 0 fully saturated rings. The molecule has 0 saturated heterocycles. The topological polar surface area (TPSA) is 75.6 Å². The van der Waals surface area contributed by atoms with Crippen LogP contribution < -0.4 is 5.32 Å². The standard InChI is InChI=1S/C21H23NO4/c1-3-13(2)19(20(23)24)22-21(25)26-12-15-8-6-10-17-16-9-5-4-7-14(16)11-18(15)17/h4-10,13,19H,3,11-12H2,1-2H3,(H,22,25)(H,23,24)/t13?,19-/m0/s1. The van der Waals surface area contributed by atoms with Crippen LogP contribution in [0.15, 0.2) is 42.5 Å². The van der Waals surface area contributed by atoms with E-state index in [4.69, 9.17) is 4.74 Å². The number of carbonyl (C=O) groups excluding carboxylic acids is 1. The zero-order valence-corrected chi connectivity index (χ0v) is 15.0. The molecule has 0 heterocycles. The quantitative estimate of drug-likeness (QED) is 0.703. The van der Waals surface area contributed by atoms with Gasteiger partial charge in [-0.2, -0.15) is 0 Å². The Labute approximate surface area is 153 Å². The van der Waals surface area contributed by atoms with Crippen LogP contribution in [0, 0.1) is 5.92 Å². The van der Waals surface area contributed by atoms with Crippen molar-refractivity contribution in [2.75, 3.05) is 0 Å². The first-order valence-electron chi connectivity index (χ1n) is 8.86. The van der Waals surface area contributed by atoms with Crippen molar-refractivity contribution in [2.24, 2.45) is 5.92 Å². The Kier molecular flexibility index (Phi) is 5.26. The van der Waals surface area contributed by atoms with Gasteiger partial charge in [0.25, 0.3) is 0 Å². The second kappa shape index (κ2) is 7.60. The second-order valence-electron chi connectivity index (χ2n) is 6.70. The fourth-order valence-electron chi connectivity index (χ4n) is 3.35. The maximum absolute atomic E-state index is 12.1. The highest BCUT2D eigenvalue weighted by atomic mass is 16.5. The van der Waals surface area contributed by atoms with Gasteiger partial charge in [-0.1, -0.05) is 62.7 Å². The normalized spacial score (nSPS) is 14.1. The number of carboxylic acids is 1. The smallest absolute Gasteiger partial charge is 0.408 e. The van der Waals surface area contributed by atoms with E-state index in [2.05, 4.69) is 23.5 Å². The molecule has 1 aliphatic rings. The molecular weight excluding hydrogens is 330 g/mol. The third-order valence-corrected chi connectivity index (χ3v) is 5.06. The van der Waals surface area contributed by atoms with E-state index in [-0.39, 0.29) is 12.5 Å². The Balaban J connectivity index is 1.68. The van der Waals surface area contributed by atoms with E-state index in [1.54, 1.807) is 6.92 Å². The van der Waals surface area contributed by atoms with E-state index >= 15 is 0 Å². The van der Waals surface area contributed by atoms with Crippen molar-refractivity contribution in [3.8, 4) is 11.1 Å². The van der Waals surface area contributed by atoms with Gasteiger partial charge in [-0.05, 0) is 40.2 Å². The summed E-state index contributed by atoms with van der Waals surface area (Å²) in [5, 5.41) is 11.7. The molecular formula is C21H23NO4. The molecule has 0 aromatic heterocycles. The lowest BCUT2D eigenvalue weighted by atomic mass is 10.00. The van der Waals surface area contributed by atoms with Gasteiger partial charge >= 0.3 is 12.1 Å². The lowest BCUT2D eigenvalue weighted by Gasteiger charge is -2.20. The zero-order valence-electron chi connectivity index (χ0n) is 15.0. The van der Waals surface area contributed by atoms with Crippen molar-refractivity contribution in [1.29, 1.82) is 0 Å². The van der Waals surface area contributed by atoms with E-state index in [0.717, 1.165) is 12.0 Å². The number of carbonyl (C=O) groups is 2. The number of ether oxygens (including phenoxy) is 1. The van der Waals surface area contributed by atoms with Gasteiger partial charge in [0.15, 0.2) is 0 Å². The molecule has 5 nitrogen and oxygen atoms in total. The molecule has 0 radical (unpaired) electrons. The van der Waals surface area contributed by atoms with E-state index in [1.165, 1.54) is 22.3 Å². The number of alkyl carbamates (subject to hydrolysis) is 1. The minimum absolute atomic E-state index is 0.121. The third kappa shape index (κ3) is 3.57. The largest absolute Gasteiger partial charge is 0.480 e. The Hall–Kier alpha value is -2.82. The molecule has 0 saturated carbocycles. The maximum atomic E-state index is 12.1. The van der Waals surface area contributed by atoms with Crippen LogP contribution >= 0.6 is 0 Å². The number of rotatable bonds is 6. The van der Waals surface area contributed by atoms with Gasteiger partial charge in [-0.15, -0.1) is 0 Å². The summed E-state index contributed by atoms with van der Waals surface area (Å²) in [7, 11) is 0. The SMILES string of the molecule is CCC(C)[C@H](NC(=O)OCc1cccc2c1Cc1ccccc1-2)C(=O)O. The number of nitrogens with one attached hydrogen (secondary N) is 1. The van der Waals surface area contributed by atoms with Gasteiger partial charge < -0.3 is 15.2 Å². The van der Waals surface area contributed by atoms with Crippen molar-refractivity contribution in [1.82, 2.24) is 5.32 Å². The minimum atomic E-state index is -1.05. The summed E-state index contributed by atoms with van der Waals surface area (Å²) in [5.74, 6) is -1.22. The van der Waals surface area contributed by atoms with Crippen LogP contribution in [0.4, 0.5) is 4.79 Å². The highest BCUT2D eigenvalue weighted by molar-refractivity contribution is 5.80. The first kappa shape index (κ1) is 18.0. The van der Waals surface area contributed by atoms with Crippen molar-refractivity contribution in [2.45, 2.75) is 39.3 Å². The molecule has 5 heteroatoms. The van der Waals surface area contributed by atoms with Gasteiger partial charge in [-0.25, -0.2) is 9.59 Å². The fraction of sp³-hybridized carbons (Fsp3) is 0.333. The van der Waals surface area contributed by atoms with Gasteiger partial charge in [0.05, 0.1) is 0 Å². The van der Waals surface area contributed by atoms with Crippen molar-refractivity contribution in [3.63, 3.8) is 0 Å². The Bertz CT molecular complexity index is 831. The highest BCUT2D eigenvalue weighted by Crippen LogP contribution is 2.38. The molecule has 2 aromatic rings. The molecule has 2 atom stereocenters. The van der Waals surface area contributed by atoms with Crippen molar-refractivity contribution in [3.05, 3.63) is 59.2 Å². The molecule has 2 N–H and O–H groups in total. The molecule has 0 spiro atoms. The summed E-state index contributed by atoms with van der Waals surface area (Å²) in [6, 6.07) is 13.3. The van der Waals surface area contributed by atoms with Gasteiger partial charge in [0, 0.05) is 0 Å². The lowest BCUT2D eigenvalue weighted by molar-refractivity contribution is -0.140. The van der Waals surface area contributed by atoms with Crippen molar-refractivity contribution < 1.29 is 19.4 Å². The first-order chi connectivity index (χ1) is 12.5. The second-order valence-corrected chi connectivity index (χ2v) is 6.70. The van der Waals surface area contributed by atoms with Crippen LogP contribution in [0.1, 0.15) is 37.0 Å². The van der Waals surface area contributed by atoms with Crippen LogP contribution in [-0.2, 0) is 22.6 Å². The molecule has 1 aliphatic carbocycles. The number of benzene rings is 2. The summed E-state index contributed by atoms with van der Waals surface area (Å²) in [5.41, 5.74) is 5.77. The third-order valence-electron chi connectivity index (χ3n) is 5.06. The van der Waals surface area contributed by atoms with Crippen LogP contribution in [-0.4, -0.2) is 23.2 Å². The molecule has 26 heavy (non-hydrogen) atoms. The van der Waals surface area contributed by atoms with Crippen LogP contribution in [0.3, 0.4) is 0 Å². The highest BCUT2D eigenvalue weighted by Gasteiger charge is 2.26. The molecule has 1 amide bonds. The van der Waals surface area contributed by atoms with E-state index in [1.807, 2.05) is 31.2 Å². The Morgan fingerprint density at radius 1 is 1.15 bits per heavy atom. The fourth-order valence-corrected chi connectivity index (χ4v) is 3.35. The number of aliphatic carboxylic acids is 1. The molecule has 2 aromatic carbocycles. The number of amides is 1. The minimum Gasteiger partial charge on any atom is -0.480 e. The number of hydrogen-bond acceptors (Lipinski definition) is 3. The maximum Gasteiger partial charge on any atom is 0.408 e. The summed E-state index contributed by atoms with van der Waals surface area (Å²) in [4.78, 5) is 23.4. The number of fused-ring (bicyclic) bond motifs is 3. The van der Waals surface area contributed by atoms with E-state index < -0.39 is 18.1 Å². The van der Waals surface area contributed by atoms with Gasteiger partial charge in [0.1, 0.15) is 12.6 Å². The van der Waals surface area contributed by atoms with Crippen LogP contribution in [0.25, 0.3) is 11.1 Å². The Morgan fingerprint density at radius 2 is 1.88 bits per heavy atom. The van der Waals surface area contributed by atoms with Crippen molar-refractivity contribution >= 4 is 12.1 Å². The molecule has 1 unspecified atom stereocenters. The van der Waals surface area contributed by atoms with E-state index in [0.29, 0.717) is 6.42 Å². The van der Waals surface area contributed by atoms with Gasteiger partial charge in [-0.3, -0.25) is 0 Å². The Morgan fingerprint density at radius 3 is 2.62 bits per heavy atom. The van der Waals surface area contributed by atoms with Crippen LogP contribution in [0.2, 0.25) is 0 Å².